The first kappa shape index (κ1) is 9.34. The molecule has 1 N–H and O–H groups in total. The highest BCUT2D eigenvalue weighted by atomic mass is 19.1. The second-order valence-corrected chi connectivity index (χ2v) is 4.83. The molecular formula is C13H15FO. The first-order valence-electron chi connectivity index (χ1n) is 5.71. The van der Waals surface area contributed by atoms with E-state index in [9.17, 15) is 9.50 Å². The van der Waals surface area contributed by atoms with Crippen LogP contribution in [0, 0.1) is 17.7 Å². The van der Waals surface area contributed by atoms with Gasteiger partial charge in [0.25, 0.3) is 0 Å². The van der Waals surface area contributed by atoms with E-state index >= 15 is 0 Å². The Bertz CT molecular complexity index is 376. The van der Waals surface area contributed by atoms with Gasteiger partial charge >= 0.3 is 0 Å². The van der Waals surface area contributed by atoms with Crippen LogP contribution in [0.15, 0.2) is 24.3 Å². The third-order valence-corrected chi connectivity index (χ3v) is 4.07. The van der Waals surface area contributed by atoms with Gasteiger partial charge in [-0.25, -0.2) is 4.39 Å². The van der Waals surface area contributed by atoms with E-state index in [1.807, 2.05) is 6.07 Å². The summed E-state index contributed by atoms with van der Waals surface area (Å²) in [5, 5.41) is 10.5. The van der Waals surface area contributed by atoms with Gasteiger partial charge in [-0.1, -0.05) is 25.0 Å². The van der Waals surface area contributed by atoms with Crippen molar-refractivity contribution in [2.24, 2.45) is 11.8 Å². The van der Waals surface area contributed by atoms with E-state index in [4.69, 9.17) is 0 Å². The zero-order valence-corrected chi connectivity index (χ0v) is 8.62. The van der Waals surface area contributed by atoms with Crippen LogP contribution in [0.5, 0.6) is 0 Å². The summed E-state index contributed by atoms with van der Waals surface area (Å²) in [6.45, 7) is 0. The van der Waals surface area contributed by atoms with Gasteiger partial charge in [0.05, 0.1) is 5.60 Å². The molecule has 0 heterocycles. The van der Waals surface area contributed by atoms with Crippen molar-refractivity contribution >= 4 is 0 Å². The van der Waals surface area contributed by atoms with Gasteiger partial charge < -0.3 is 5.11 Å². The largest absolute Gasteiger partial charge is 0.385 e. The molecule has 0 spiro atoms. The first-order chi connectivity index (χ1) is 7.23. The van der Waals surface area contributed by atoms with Gasteiger partial charge in [-0.15, -0.1) is 0 Å². The highest BCUT2D eigenvalue weighted by Crippen LogP contribution is 2.64. The Morgan fingerprint density at radius 3 is 2.47 bits per heavy atom. The van der Waals surface area contributed by atoms with Gasteiger partial charge in [-0.05, 0) is 42.4 Å². The number of aliphatic hydroxyl groups is 1. The molecule has 2 unspecified atom stereocenters. The smallest absolute Gasteiger partial charge is 0.123 e. The molecule has 1 aromatic rings. The second-order valence-electron chi connectivity index (χ2n) is 4.83. The van der Waals surface area contributed by atoms with Crippen molar-refractivity contribution in [3.63, 3.8) is 0 Å². The number of halogens is 1. The van der Waals surface area contributed by atoms with E-state index in [0.29, 0.717) is 11.8 Å². The zero-order chi connectivity index (χ0) is 10.5. The lowest BCUT2D eigenvalue weighted by Gasteiger charge is -2.10. The molecule has 2 heteroatoms. The molecule has 1 aromatic carbocycles. The summed E-state index contributed by atoms with van der Waals surface area (Å²) in [7, 11) is 0. The van der Waals surface area contributed by atoms with E-state index < -0.39 is 5.60 Å². The zero-order valence-electron chi connectivity index (χ0n) is 8.62. The molecule has 2 aliphatic carbocycles. The number of hydrogen-bond donors (Lipinski definition) is 1. The van der Waals surface area contributed by atoms with Crippen LogP contribution in [0.25, 0.3) is 0 Å². The average molecular weight is 206 g/mol. The molecule has 15 heavy (non-hydrogen) atoms. The fourth-order valence-electron chi connectivity index (χ4n) is 3.26. The SMILES string of the molecule is OC1(c2cccc(F)c2)C2CCCCC21. The molecule has 0 radical (unpaired) electrons. The van der Waals surface area contributed by atoms with Crippen LogP contribution in [0.2, 0.25) is 0 Å². The molecule has 2 fully saturated rings. The van der Waals surface area contributed by atoms with Crippen LogP contribution >= 0.6 is 0 Å². The third-order valence-electron chi connectivity index (χ3n) is 4.07. The molecule has 2 saturated carbocycles. The molecule has 3 rings (SSSR count). The predicted octanol–water partition coefficient (Wildman–Crippen LogP) is 2.83. The number of fused-ring (bicyclic) bond motifs is 1. The van der Waals surface area contributed by atoms with Crippen LogP contribution in [0.3, 0.4) is 0 Å². The summed E-state index contributed by atoms with van der Waals surface area (Å²) >= 11 is 0. The normalized spacial score (nSPS) is 38.5. The minimum Gasteiger partial charge on any atom is -0.385 e. The van der Waals surface area contributed by atoms with Crippen molar-refractivity contribution < 1.29 is 9.50 Å². The summed E-state index contributed by atoms with van der Waals surface area (Å²) in [6, 6.07) is 6.45. The van der Waals surface area contributed by atoms with Crippen molar-refractivity contribution in [2.45, 2.75) is 31.3 Å². The molecule has 2 aliphatic rings. The van der Waals surface area contributed by atoms with Crippen molar-refractivity contribution in [1.82, 2.24) is 0 Å². The van der Waals surface area contributed by atoms with Crippen molar-refractivity contribution in [3.8, 4) is 0 Å². The highest BCUT2D eigenvalue weighted by molar-refractivity contribution is 5.33. The van der Waals surface area contributed by atoms with E-state index in [1.165, 1.54) is 25.0 Å². The Kier molecular flexibility index (Phi) is 1.90. The fourth-order valence-corrected chi connectivity index (χ4v) is 3.26. The van der Waals surface area contributed by atoms with Crippen molar-refractivity contribution in [1.29, 1.82) is 0 Å². The van der Waals surface area contributed by atoms with E-state index in [-0.39, 0.29) is 5.82 Å². The van der Waals surface area contributed by atoms with Gasteiger partial charge in [0.1, 0.15) is 5.82 Å². The van der Waals surface area contributed by atoms with Crippen molar-refractivity contribution in [2.75, 3.05) is 0 Å². The summed E-state index contributed by atoms with van der Waals surface area (Å²) in [5.41, 5.74) is 0.0675. The Balaban J connectivity index is 1.94. The molecule has 2 atom stereocenters. The summed E-state index contributed by atoms with van der Waals surface area (Å²) in [6.07, 6.45) is 4.60. The molecule has 0 saturated heterocycles. The third kappa shape index (κ3) is 1.24. The average Bonchev–Trinajstić information content (AvgIpc) is 2.87. The maximum Gasteiger partial charge on any atom is 0.123 e. The van der Waals surface area contributed by atoms with Gasteiger partial charge in [0.15, 0.2) is 0 Å². The quantitative estimate of drug-likeness (QED) is 0.749. The Labute approximate surface area is 88.9 Å². The summed E-state index contributed by atoms with van der Waals surface area (Å²) in [4.78, 5) is 0. The van der Waals surface area contributed by atoms with Crippen LogP contribution in [0.4, 0.5) is 4.39 Å². The lowest BCUT2D eigenvalue weighted by molar-refractivity contribution is 0.117. The number of hydrogen-bond acceptors (Lipinski definition) is 1. The van der Waals surface area contributed by atoms with Crippen LogP contribution in [-0.4, -0.2) is 5.11 Å². The van der Waals surface area contributed by atoms with Gasteiger partial charge in [0, 0.05) is 0 Å². The van der Waals surface area contributed by atoms with Crippen LogP contribution < -0.4 is 0 Å². The lowest BCUT2D eigenvalue weighted by atomic mass is 10.0. The molecule has 80 valence electrons. The number of rotatable bonds is 1. The Morgan fingerprint density at radius 2 is 1.87 bits per heavy atom. The molecule has 0 aliphatic heterocycles. The monoisotopic (exact) mass is 206 g/mol. The van der Waals surface area contributed by atoms with E-state index in [2.05, 4.69) is 0 Å². The van der Waals surface area contributed by atoms with Gasteiger partial charge in [0.2, 0.25) is 0 Å². The van der Waals surface area contributed by atoms with Crippen LogP contribution in [0.1, 0.15) is 31.2 Å². The highest BCUT2D eigenvalue weighted by Gasteiger charge is 2.64. The molecular weight excluding hydrogens is 191 g/mol. The molecule has 0 aromatic heterocycles. The van der Waals surface area contributed by atoms with Crippen molar-refractivity contribution in [3.05, 3.63) is 35.6 Å². The second kappa shape index (κ2) is 3.05. The lowest BCUT2D eigenvalue weighted by Crippen LogP contribution is -2.10. The van der Waals surface area contributed by atoms with Gasteiger partial charge in [-0.3, -0.25) is 0 Å². The summed E-state index contributed by atoms with van der Waals surface area (Å²) in [5.74, 6) is 0.519. The Morgan fingerprint density at radius 1 is 1.20 bits per heavy atom. The Hall–Kier alpha value is -0.890. The number of benzene rings is 1. The fraction of sp³-hybridized carbons (Fsp3) is 0.538. The predicted molar refractivity (Wildman–Crippen MR) is 55.7 cm³/mol. The minimum atomic E-state index is -0.710. The van der Waals surface area contributed by atoms with E-state index in [0.717, 1.165) is 18.4 Å². The molecule has 0 amide bonds. The first-order valence-corrected chi connectivity index (χ1v) is 5.71. The molecule has 1 nitrogen and oxygen atoms in total. The maximum absolute atomic E-state index is 13.1. The molecule has 0 bridgehead atoms. The van der Waals surface area contributed by atoms with Crippen LogP contribution in [-0.2, 0) is 5.60 Å². The van der Waals surface area contributed by atoms with Gasteiger partial charge in [-0.2, -0.15) is 0 Å². The topological polar surface area (TPSA) is 20.2 Å². The minimum absolute atomic E-state index is 0.246. The summed E-state index contributed by atoms with van der Waals surface area (Å²) < 4.78 is 13.1. The standard InChI is InChI=1S/C13H15FO/c14-10-5-3-4-9(8-10)13(15)11-6-1-2-7-12(11)13/h3-5,8,11-12,15H,1-2,6-7H2. The van der Waals surface area contributed by atoms with E-state index in [1.54, 1.807) is 6.07 Å². The maximum atomic E-state index is 13.1.